The van der Waals surface area contributed by atoms with Crippen LogP contribution < -0.4 is 9.47 Å². The molecular formula is C21H20ClN3O4. The molecular weight excluding hydrogens is 394 g/mol. The van der Waals surface area contributed by atoms with Crippen molar-refractivity contribution in [3.8, 4) is 22.9 Å². The molecule has 1 unspecified atom stereocenters. The Morgan fingerprint density at radius 1 is 1.21 bits per heavy atom. The van der Waals surface area contributed by atoms with Crippen LogP contribution in [0.1, 0.15) is 23.8 Å². The summed E-state index contributed by atoms with van der Waals surface area (Å²) in [7, 11) is 3.21. The van der Waals surface area contributed by atoms with Gasteiger partial charge in [0.15, 0.2) is 0 Å². The molecule has 8 heteroatoms. The predicted molar refractivity (Wildman–Crippen MR) is 107 cm³/mol. The molecule has 1 atom stereocenters. The van der Waals surface area contributed by atoms with Crippen molar-refractivity contribution in [3.05, 3.63) is 58.9 Å². The first-order chi connectivity index (χ1) is 14.1. The van der Waals surface area contributed by atoms with E-state index >= 15 is 0 Å². The number of benzene rings is 2. The van der Waals surface area contributed by atoms with Gasteiger partial charge in [0.25, 0.3) is 0 Å². The Balaban J connectivity index is 1.51. The first kappa shape index (κ1) is 19.3. The molecule has 0 saturated carbocycles. The van der Waals surface area contributed by atoms with E-state index in [4.69, 9.17) is 25.6 Å². The number of ether oxygens (including phenoxy) is 2. The van der Waals surface area contributed by atoms with Gasteiger partial charge in [-0.2, -0.15) is 4.98 Å². The lowest BCUT2D eigenvalue weighted by molar-refractivity contribution is -0.128. The number of likely N-dealkylation sites (tertiary alicyclic amines) is 1. The van der Waals surface area contributed by atoms with E-state index in [1.165, 1.54) is 0 Å². The molecule has 29 heavy (non-hydrogen) atoms. The van der Waals surface area contributed by atoms with Crippen LogP contribution in [0, 0.1) is 0 Å². The maximum Gasteiger partial charge on any atom is 0.232 e. The molecule has 3 aromatic rings. The highest BCUT2D eigenvalue weighted by Crippen LogP contribution is 2.33. The number of methoxy groups -OCH3 is 2. The van der Waals surface area contributed by atoms with Gasteiger partial charge in [-0.1, -0.05) is 28.9 Å². The van der Waals surface area contributed by atoms with Crippen LogP contribution in [0.3, 0.4) is 0 Å². The number of amides is 1. The third kappa shape index (κ3) is 3.91. The summed E-state index contributed by atoms with van der Waals surface area (Å²) in [4.78, 5) is 18.8. The summed E-state index contributed by atoms with van der Waals surface area (Å²) in [6.07, 6.45) is 0.316. The molecule has 2 heterocycles. The zero-order valence-corrected chi connectivity index (χ0v) is 16.8. The molecule has 1 amide bonds. The van der Waals surface area contributed by atoms with Crippen molar-refractivity contribution in [2.45, 2.75) is 18.9 Å². The number of hydrogen-bond donors (Lipinski definition) is 0. The summed E-state index contributed by atoms with van der Waals surface area (Å²) in [5, 5.41) is 4.59. The fourth-order valence-corrected chi connectivity index (χ4v) is 3.67. The maximum absolute atomic E-state index is 12.6. The van der Waals surface area contributed by atoms with Gasteiger partial charge in [-0.3, -0.25) is 4.79 Å². The second kappa shape index (κ2) is 8.13. The Morgan fingerprint density at radius 3 is 2.79 bits per heavy atom. The van der Waals surface area contributed by atoms with Crippen molar-refractivity contribution in [3.63, 3.8) is 0 Å². The number of aromatic nitrogens is 2. The van der Waals surface area contributed by atoms with Crippen LogP contribution in [0.2, 0.25) is 5.02 Å². The average molecular weight is 414 g/mol. The molecule has 0 bridgehead atoms. The zero-order chi connectivity index (χ0) is 20.4. The van der Waals surface area contributed by atoms with Crippen LogP contribution in [0.5, 0.6) is 11.5 Å². The minimum atomic E-state index is -0.164. The van der Waals surface area contributed by atoms with Gasteiger partial charge in [0.1, 0.15) is 11.5 Å². The summed E-state index contributed by atoms with van der Waals surface area (Å²) in [6, 6.07) is 12.8. The van der Waals surface area contributed by atoms with Gasteiger partial charge < -0.3 is 18.9 Å². The van der Waals surface area contributed by atoms with Crippen LogP contribution in [0.4, 0.5) is 0 Å². The van der Waals surface area contributed by atoms with Crippen LogP contribution in [0.15, 0.2) is 47.0 Å². The second-order valence-corrected chi connectivity index (χ2v) is 7.20. The number of hydrogen-bond acceptors (Lipinski definition) is 6. The molecule has 0 aliphatic carbocycles. The Hall–Kier alpha value is -3.06. The molecule has 1 aromatic heterocycles. The van der Waals surface area contributed by atoms with Gasteiger partial charge in [-0.25, -0.2) is 0 Å². The van der Waals surface area contributed by atoms with Gasteiger partial charge in [-0.15, -0.1) is 0 Å². The molecule has 0 radical (unpaired) electrons. The van der Waals surface area contributed by atoms with Gasteiger partial charge in [-0.05, 0) is 30.3 Å². The minimum Gasteiger partial charge on any atom is -0.497 e. The van der Waals surface area contributed by atoms with E-state index in [1.54, 1.807) is 25.2 Å². The highest BCUT2D eigenvalue weighted by atomic mass is 35.5. The third-order valence-electron chi connectivity index (χ3n) is 4.97. The van der Waals surface area contributed by atoms with Crippen molar-refractivity contribution in [2.75, 3.05) is 20.8 Å². The second-order valence-electron chi connectivity index (χ2n) is 6.79. The van der Waals surface area contributed by atoms with Crippen LogP contribution in [-0.2, 0) is 11.3 Å². The predicted octanol–water partition coefficient (Wildman–Crippen LogP) is 3.92. The number of carbonyl (C=O) groups is 1. The number of carbonyl (C=O) groups excluding carboxylic acids is 1. The van der Waals surface area contributed by atoms with E-state index < -0.39 is 0 Å². The van der Waals surface area contributed by atoms with Gasteiger partial charge in [0.2, 0.25) is 17.6 Å². The van der Waals surface area contributed by atoms with E-state index in [1.807, 2.05) is 36.4 Å². The molecule has 150 valence electrons. The lowest BCUT2D eigenvalue weighted by atomic mass is 10.1. The van der Waals surface area contributed by atoms with Crippen molar-refractivity contribution in [1.29, 1.82) is 0 Å². The van der Waals surface area contributed by atoms with E-state index in [0.717, 1.165) is 5.56 Å². The monoisotopic (exact) mass is 413 g/mol. The smallest absolute Gasteiger partial charge is 0.232 e. The van der Waals surface area contributed by atoms with E-state index in [2.05, 4.69) is 10.1 Å². The van der Waals surface area contributed by atoms with Gasteiger partial charge in [0.05, 0.1) is 25.2 Å². The van der Waals surface area contributed by atoms with Crippen molar-refractivity contribution in [1.82, 2.24) is 15.0 Å². The summed E-state index contributed by atoms with van der Waals surface area (Å²) in [5.41, 5.74) is 1.58. The van der Waals surface area contributed by atoms with E-state index in [9.17, 15) is 4.79 Å². The average Bonchev–Trinajstić information content (AvgIpc) is 3.35. The molecule has 1 aliphatic rings. The molecule has 1 aliphatic heterocycles. The minimum absolute atomic E-state index is 0.0253. The molecule has 0 spiro atoms. The Morgan fingerprint density at radius 2 is 2.03 bits per heavy atom. The topological polar surface area (TPSA) is 77.7 Å². The lowest BCUT2D eigenvalue weighted by Crippen LogP contribution is -2.24. The summed E-state index contributed by atoms with van der Waals surface area (Å²) < 4.78 is 16.1. The van der Waals surface area contributed by atoms with Crippen LogP contribution in [0.25, 0.3) is 11.4 Å². The molecule has 1 saturated heterocycles. The first-order valence-electron chi connectivity index (χ1n) is 9.16. The highest BCUT2D eigenvalue weighted by Gasteiger charge is 2.35. The van der Waals surface area contributed by atoms with Crippen LogP contribution >= 0.6 is 11.6 Å². The zero-order valence-electron chi connectivity index (χ0n) is 16.1. The molecule has 4 rings (SSSR count). The largest absolute Gasteiger partial charge is 0.497 e. The van der Waals surface area contributed by atoms with Crippen molar-refractivity contribution < 1.29 is 18.8 Å². The standard InChI is InChI=1S/C21H20ClN3O4/c1-27-15-7-8-18(28-2)13(9-15)11-25-12-14(10-19(25)26)21-23-20(24-29-21)16-5-3-4-6-17(16)22/h3-9,14H,10-12H2,1-2H3. The molecule has 7 nitrogen and oxygen atoms in total. The Kier molecular flexibility index (Phi) is 5.40. The van der Waals surface area contributed by atoms with Gasteiger partial charge >= 0.3 is 0 Å². The summed E-state index contributed by atoms with van der Waals surface area (Å²) in [5.74, 6) is 2.14. The number of halogens is 1. The first-order valence-corrected chi connectivity index (χ1v) is 9.54. The summed E-state index contributed by atoms with van der Waals surface area (Å²) >= 11 is 6.21. The molecule has 1 fully saturated rings. The van der Waals surface area contributed by atoms with Gasteiger partial charge in [0, 0.05) is 30.6 Å². The lowest BCUT2D eigenvalue weighted by Gasteiger charge is -2.18. The normalized spacial score (nSPS) is 16.3. The SMILES string of the molecule is COc1ccc(OC)c(CN2CC(c3nc(-c4ccccc4Cl)no3)CC2=O)c1. The highest BCUT2D eigenvalue weighted by molar-refractivity contribution is 6.33. The fraction of sp³-hybridized carbons (Fsp3) is 0.286. The number of nitrogens with zero attached hydrogens (tertiary/aromatic N) is 3. The van der Waals surface area contributed by atoms with Crippen LogP contribution in [-0.4, -0.2) is 41.7 Å². The van der Waals surface area contributed by atoms with E-state index in [-0.39, 0.29) is 11.8 Å². The molecule has 0 N–H and O–H groups in total. The maximum atomic E-state index is 12.6. The Bertz CT molecular complexity index is 1040. The molecule has 2 aromatic carbocycles. The Labute approximate surface area is 173 Å². The summed E-state index contributed by atoms with van der Waals surface area (Å²) in [6.45, 7) is 0.907. The number of rotatable bonds is 6. The van der Waals surface area contributed by atoms with E-state index in [0.29, 0.717) is 53.3 Å². The quantitative estimate of drug-likeness (QED) is 0.609. The van der Waals surface area contributed by atoms with Crippen molar-refractivity contribution >= 4 is 17.5 Å². The third-order valence-corrected chi connectivity index (χ3v) is 5.30. The fourth-order valence-electron chi connectivity index (χ4n) is 3.45. The van der Waals surface area contributed by atoms with Crippen molar-refractivity contribution in [2.24, 2.45) is 0 Å².